The molecular weight excluding hydrogens is 320 g/mol. The molecule has 130 valence electrons. The van der Waals surface area contributed by atoms with Gasteiger partial charge in [-0.05, 0) is 30.7 Å². The lowest BCUT2D eigenvalue weighted by Crippen LogP contribution is -2.40. The van der Waals surface area contributed by atoms with E-state index in [2.05, 4.69) is 15.6 Å². The van der Waals surface area contributed by atoms with Crippen molar-refractivity contribution in [2.75, 3.05) is 25.5 Å². The van der Waals surface area contributed by atoms with Gasteiger partial charge in [0.25, 0.3) is 5.91 Å². The second-order valence-corrected chi connectivity index (χ2v) is 5.75. The number of pyridine rings is 1. The first-order valence-electron chi connectivity index (χ1n) is 8.08. The molecule has 1 unspecified atom stereocenters. The normalized spacial score (nSPS) is 16.4. The zero-order valence-electron chi connectivity index (χ0n) is 13.9. The van der Waals surface area contributed by atoms with Crippen molar-refractivity contribution < 1.29 is 14.3 Å². The van der Waals surface area contributed by atoms with Crippen LogP contribution in [0.2, 0.25) is 0 Å². The van der Waals surface area contributed by atoms with Gasteiger partial charge in [0.1, 0.15) is 11.4 Å². The SMILES string of the molecule is COc1ccccc1NC(=O)NC1CCN(C(=O)c2ccccn2)C1. The van der Waals surface area contributed by atoms with Gasteiger partial charge in [0.2, 0.25) is 0 Å². The Bertz CT molecular complexity index is 751. The topological polar surface area (TPSA) is 83.6 Å². The number of aromatic nitrogens is 1. The number of urea groups is 1. The third-order valence-corrected chi connectivity index (χ3v) is 4.05. The number of carbonyl (C=O) groups is 2. The third-order valence-electron chi connectivity index (χ3n) is 4.05. The van der Waals surface area contributed by atoms with Crippen LogP contribution in [0.3, 0.4) is 0 Å². The van der Waals surface area contributed by atoms with Gasteiger partial charge in [-0.1, -0.05) is 18.2 Å². The molecule has 3 rings (SSSR count). The van der Waals surface area contributed by atoms with Crippen LogP contribution in [0.15, 0.2) is 48.7 Å². The summed E-state index contributed by atoms with van der Waals surface area (Å²) >= 11 is 0. The fourth-order valence-electron chi connectivity index (χ4n) is 2.81. The number of rotatable bonds is 4. The molecule has 0 bridgehead atoms. The van der Waals surface area contributed by atoms with Crippen LogP contribution in [0.1, 0.15) is 16.9 Å². The number of carbonyl (C=O) groups excluding carboxylic acids is 2. The molecule has 1 aliphatic heterocycles. The molecule has 1 saturated heterocycles. The van der Waals surface area contributed by atoms with E-state index in [0.29, 0.717) is 36.6 Å². The maximum absolute atomic E-state index is 12.4. The van der Waals surface area contributed by atoms with E-state index in [1.165, 1.54) is 0 Å². The van der Waals surface area contributed by atoms with Gasteiger partial charge in [-0.25, -0.2) is 4.79 Å². The Morgan fingerprint density at radius 1 is 1.20 bits per heavy atom. The van der Waals surface area contributed by atoms with Crippen molar-refractivity contribution in [2.45, 2.75) is 12.5 Å². The first-order chi connectivity index (χ1) is 12.2. The van der Waals surface area contributed by atoms with Gasteiger partial charge in [-0.2, -0.15) is 0 Å². The number of anilines is 1. The average Bonchev–Trinajstić information content (AvgIpc) is 3.10. The number of methoxy groups -OCH3 is 1. The Labute approximate surface area is 146 Å². The number of hydrogen-bond donors (Lipinski definition) is 2. The average molecular weight is 340 g/mol. The van der Waals surface area contributed by atoms with Gasteiger partial charge in [0.05, 0.1) is 12.8 Å². The van der Waals surface area contributed by atoms with E-state index >= 15 is 0 Å². The van der Waals surface area contributed by atoms with Crippen LogP contribution in [0, 0.1) is 0 Å². The Balaban J connectivity index is 1.54. The second-order valence-electron chi connectivity index (χ2n) is 5.75. The largest absolute Gasteiger partial charge is 0.495 e. The highest BCUT2D eigenvalue weighted by Crippen LogP contribution is 2.23. The summed E-state index contributed by atoms with van der Waals surface area (Å²) in [6.45, 7) is 1.06. The highest BCUT2D eigenvalue weighted by molar-refractivity contribution is 5.93. The fourth-order valence-corrected chi connectivity index (χ4v) is 2.81. The molecule has 2 heterocycles. The smallest absolute Gasteiger partial charge is 0.319 e. The summed E-state index contributed by atoms with van der Waals surface area (Å²) in [7, 11) is 1.55. The van der Waals surface area contributed by atoms with Crippen molar-refractivity contribution in [3.8, 4) is 5.75 Å². The Morgan fingerprint density at radius 3 is 2.76 bits per heavy atom. The van der Waals surface area contributed by atoms with E-state index in [4.69, 9.17) is 4.74 Å². The zero-order valence-corrected chi connectivity index (χ0v) is 13.9. The Kier molecular flexibility index (Phi) is 5.13. The van der Waals surface area contributed by atoms with Crippen LogP contribution in [0.4, 0.5) is 10.5 Å². The van der Waals surface area contributed by atoms with Gasteiger partial charge in [-0.15, -0.1) is 0 Å². The second kappa shape index (κ2) is 7.65. The highest BCUT2D eigenvalue weighted by atomic mass is 16.5. The number of ether oxygens (including phenoxy) is 1. The monoisotopic (exact) mass is 340 g/mol. The van der Waals surface area contributed by atoms with Crippen molar-refractivity contribution in [3.05, 3.63) is 54.4 Å². The van der Waals surface area contributed by atoms with Gasteiger partial charge >= 0.3 is 6.03 Å². The molecule has 7 heteroatoms. The summed E-state index contributed by atoms with van der Waals surface area (Å²) < 4.78 is 5.21. The summed E-state index contributed by atoms with van der Waals surface area (Å²) in [5.41, 5.74) is 1.02. The molecule has 2 aromatic rings. The van der Waals surface area contributed by atoms with Crippen LogP contribution in [-0.2, 0) is 0 Å². The number of nitrogens with one attached hydrogen (secondary N) is 2. The van der Waals surface area contributed by atoms with Gasteiger partial charge in [0.15, 0.2) is 0 Å². The molecule has 0 aliphatic carbocycles. The van der Waals surface area contributed by atoms with Gasteiger partial charge in [-0.3, -0.25) is 9.78 Å². The van der Waals surface area contributed by atoms with Crippen LogP contribution in [-0.4, -0.2) is 48.1 Å². The van der Waals surface area contributed by atoms with Crippen LogP contribution >= 0.6 is 0 Å². The molecule has 3 amide bonds. The maximum Gasteiger partial charge on any atom is 0.319 e. The zero-order chi connectivity index (χ0) is 17.6. The minimum atomic E-state index is -0.318. The Morgan fingerprint density at radius 2 is 2.00 bits per heavy atom. The van der Waals surface area contributed by atoms with Crippen molar-refractivity contribution >= 4 is 17.6 Å². The predicted octanol–water partition coefficient (Wildman–Crippen LogP) is 2.13. The van der Waals surface area contributed by atoms with Crippen molar-refractivity contribution in [1.82, 2.24) is 15.2 Å². The summed E-state index contributed by atoms with van der Waals surface area (Å²) in [6, 6.07) is 12.0. The third kappa shape index (κ3) is 4.06. The molecule has 7 nitrogen and oxygen atoms in total. The minimum Gasteiger partial charge on any atom is -0.495 e. The molecule has 1 aromatic heterocycles. The molecule has 1 aliphatic rings. The predicted molar refractivity (Wildman–Crippen MR) is 93.7 cm³/mol. The van der Waals surface area contributed by atoms with E-state index in [1.807, 2.05) is 12.1 Å². The summed E-state index contributed by atoms with van der Waals surface area (Å²) in [5.74, 6) is 0.478. The Hall–Kier alpha value is -3.09. The van der Waals surface area contributed by atoms with Crippen molar-refractivity contribution in [1.29, 1.82) is 0 Å². The molecular formula is C18H20N4O3. The minimum absolute atomic E-state index is 0.0950. The number of likely N-dealkylation sites (tertiary alicyclic amines) is 1. The molecule has 0 spiro atoms. The first kappa shape index (κ1) is 16.8. The first-order valence-corrected chi connectivity index (χ1v) is 8.08. The highest BCUT2D eigenvalue weighted by Gasteiger charge is 2.28. The van der Waals surface area contributed by atoms with Gasteiger partial charge < -0.3 is 20.3 Å². The number of para-hydroxylation sites is 2. The number of nitrogens with zero attached hydrogens (tertiary/aromatic N) is 2. The molecule has 0 saturated carbocycles. The van der Waals surface area contributed by atoms with E-state index < -0.39 is 0 Å². The van der Waals surface area contributed by atoms with Crippen molar-refractivity contribution in [3.63, 3.8) is 0 Å². The maximum atomic E-state index is 12.4. The van der Waals surface area contributed by atoms with Gasteiger partial charge in [0, 0.05) is 25.3 Å². The van der Waals surface area contributed by atoms with Crippen molar-refractivity contribution in [2.24, 2.45) is 0 Å². The molecule has 1 aromatic carbocycles. The molecule has 2 N–H and O–H groups in total. The lowest BCUT2D eigenvalue weighted by Gasteiger charge is -2.17. The van der Waals surface area contributed by atoms with Crippen LogP contribution in [0.25, 0.3) is 0 Å². The summed E-state index contributed by atoms with van der Waals surface area (Å²) in [6.07, 6.45) is 2.30. The fraction of sp³-hybridized carbons (Fsp3) is 0.278. The van der Waals surface area contributed by atoms with E-state index in [-0.39, 0.29) is 18.0 Å². The lowest BCUT2D eigenvalue weighted by atomic mass is 10.2. The number of amides is 3. The van der Waals surface area contributed by atoms with Crippen LogP contribution in [0.5, 0.6) is 5.75 Å². The standard InChI is InChI=1S/C18H20N4O3/c1-25-16-8-3-2-6-14(16)21-18(24)20-13-9-11-22(12-13)17(23)15-7-4-5-10-19-15/h2-8,10,13H,9,11-12H2,1H3,(H2,20,21,24). The number of hydrogen-bond acceptors (Lipinski definition) is 4. The molecule has 25 heavy (non-hydrogen) atoms. The van der Waals surface area contributed by atoms with E-state index in [0.717, 1.165) is 0 Å². The summed E-state index contributed by atoms with van der Waals surface area (Å²) in [5, 5.41) is 5.67. The molecule has 1 atom stereocenters. The van der Waals surface area contributed by atoms with E-state index in [9.17, 15) is 9.59 Å². The molecule has 1 fully saturated rings. The number of benzene rings is 1. The quantitative estimate of drug-likeness (QED) is 0.893. The lowest BCUT2D eigenvalue weighted by molar-refractivity contribution is 0.0783. The van der Waals surface area contributed by atoms with Crippen LogP contribution < -0.4 is 15.4 Å². The molecule has 0 radical (unpaired) electrons. The van der Waals surface area contributed by atoms with E-state index in [1.54, 1.807) is 48.5 Å². The summed E-state index contributed by atoms with van der Waals surface area (Å²) in [4.78, 5) is 30.3.